The van der Waals surface area contributed by atoms with Crippen LogP contribution in [0.3, 0.4) is 0 Å². The zero-order valence-corrected chi connectivity index (χ0v) is 10.1. The smallest absolute Gasteiger partial charge is 0.175 e. The normalized spacial score (nSPS) is 17.9. The van der Waals surface area contributed by atoms with E-state index in [2.05, 4.69) is 13.0 Å². The number of carbonyl (C=O) groups excluding carboxylic acids is 1. The molecule has 0 unspecified atom stereocenters. The van der Waals surface area contributed by atoms with Gasteiger partial charge in [0.1, 0.15) is 0 Å². The summed E-state index contributed by atoms with van der Waals surface area (Å²) in [6.07, 6.45) is 7.05. The molecule has 1 aromatic heterocycles. The summed E-state index contributed by atoms with van der Waals surface area (Å²) in [6, 6.07) is 4.11. The highest BCUT2D eigenvalue weighted by Crippen LogP contribution is 2.29. The second-order valence-corrected chi connectivity index (χ2v) is 5.49. The molecule has 0 atom stereocenters. The van der Waals surface area contributed by atoms with Crippen LogP contribution in [0.25, 0.3) is 0 Å². The minimum absolute atomic E-state index is 0.321. The largest absolute Gasteiger partial charge is 0.293 e. The molecule has 15 heavy (non-hydrogen) atoms. The minimum Gasteiger partial charge on any atom is -0.293 e. The summed E-state index contributed by atoms with van der Waals surface area (Å²) >= 11 is 1.69. The van der Waals surface area contributed by atoms with Gasteiger partial charge in [0.25, 0.3) is 0 Å². The Balaban J connectivity index is 2.05. The lowest BCUT2D eigenvalue weighted by Gasteiger charge is -2.19. The molecule has 1 fully saturated rings. The van der Waals surface area contributed by atoms with Crippen LogP contribution in [0.1, 0.15) is 53.6 Å². The van der Waals surface area contributed by atoms with Crippen LogP contribution in [0.2, 0.25) is 0 Å². The van der Waals surface area contributed by atoms with Gasteiger partial charge in [-0.2, -0.15) is 0 Å². The van der Waals surface area contributed by atoms with Crippen molar-refractivity contribution in [1.82, 2.24) is 0 Å². The SMILES string of the molecule is CCc1ccc(C(=O)C2CCCCC2)s1. The van der Waals surface area contributed by atoms with Crippen molar-refractivity contribution >= 4 is 17.1 Å². The predicted molar refractivity (Wildman–Crippen MR) is 64.6 cm³/mol. The van der Waals surface area contributed by atoms with Crippen LogP contribution in [-0.4, -0.2) is 5.78 Å². The van der Waals surface area contributed by atoms with Gasteiger partial charge in [0.2, 0.25) is 0 Å². The molecule has 1 aliphatic rings. The Hall–Kier alpha value is -0.630. The van der Waals surface area contributed by atoms with Crippen molar-refractivity contribution in [2.24, 2.45) is 5.92 Å². The topological polar surface area (TPSA) is 17.1 Å². The minimum atomic E-state index is 0.321. The molecule has 2 heteroatoms. The van der Waals surface area contributed by atoms with Crippen molar-refractivity contribution in [2.45, 2.75) is 45.4 Å². The maximum Gasteiger partial charge on any atom is 0.175 e. The van der Waals surface area contributed by atoms with Gasteiger partial charge in [-0.1, -0.05) is 26.2 Å². The van der Waals surface area contributed by atoms with Gasteiger partial charge in [-0.05, 0) is 31.4 Å². The summed E-state index contributed by atoms with van der Waals surface area (Å²) in [6.45, 7) is 2.14. The zero-order valence-electron chi connectivity index (χ0n) is 9.29. The summed E-state index contributed by atoms with van der Waals surface area (Å²) in [4.78, 5) is 14.5. The summed E-state index contributed by atoms with van der Waals surface area (Å²) in [7, 11) is 0. The molecule has 0 aromatic carbocycles. The standard InChI is InChI=1S/C13H18OS/c1-2-11-8-9-12(15-11)13(14)10-6-4-3-5-7-10/h8-10H,2-7H2,1H3. The summed E-state index contributed by atoms with van der Waals surface area (Å²) in [5.41, 5.74) is 0. The van der Waals surface area contributed by atoms with Crippen molar-refractivity contribution in [2.75, 3.05) is 0 Å². The number of hydrogen-bond donors (Lipinski definition) is 0. The second kappa shape index (κ2) is 4.93. The fourth-order valence-electron chi connectivity index (χ4n) is 2.27. The molecule has 0 spiro atoms. The van der Waals surface area contributed by atoms with E-state index < -0.39 is 0 Å². The van der Waals surface area contributed by atoms with Gasteiger partial charge in [-0.25, -0.2) is 0 Å². The Morgan fingerprint density at radius 1 is 1.33 bits per heavy atom. The van der Waals surface area contributed by atoms with Gasteiger partial charge in [-0.15, -0.1) is 11.3 Å². The highest BCUT2D eigenvalue weighted by molar-refractivity contribution is 7.14. The first-order valence-corrected chi connectivity index (χ1v) is 6.76. The molecule has 0 aliphatic heterocycles. The number of aryl methyl sites for hydroxylation is 1. The van der Waals surface area contributed by atoms with Gasteiger partial charge >= 0.3 is 0 Å². The third-order valence-corrected chi connectivity index (χ3v) is 4.47. The number of rotatable bonds is 3. The molecular formula is C13H18OS. The van der Waals surface area contributed by atoms with E-state index in [9.17, 15) is 4.79 Å². The van der Waals surface area contributed by atoms with Crippen LogP contribution in [0.15, 0.2) is 12.1 Å². The maximum atomic E-state index is 12.1. The van der Waals surface area contributed by atoms with Crippen molar-refractivity contribution < 1.29 is 4.79 Å². The van der Waals surface area contributed by atoms with Crippen molar-refractivity contribution in [3.63, 3.8) is 0 Å². The average Bonchev–Trinajstić information content (AvgIpc) is 2.78. The third kappa shape index (κ3) is 2.49. The fraction of sp³-hybridized carbons (Fsp3) is 0.615. The quantitative estimate of drug-likeness (QED) is 0.704. The van der Waals surface area contributed by atoms with Crippen LogP contribution in [0.5, 0.6) is 0 Å². The molecule has 1 saturated carbocycles. The fourth-order valence-corrected chi connectivity index (χ4v) is 3.23. The monoisotopic (exact) mass is 222 g/mol. The lowest BCUT2D eigenvalue weighted by Crippen LogP contribution is -2.16. The van der Waals surface area contributed by atoms with Gasteiger partial charge in [0.15, 0.2) is 5.78 Å². The van der Waals surface area contributed by atoms with E-state index >= 15 is 0 Å². The second-order valence-electron chi connectivity index (χ2n) is 4.32. The molecule has 2 rings (SSSR count). The van der Waals surface area contributed by atoms with E-state index in [-0.39, 0.29) is 0 Å². The number of carbonyl (C=O) groups is 1. The zero-order chi connectivity index (χ0) is 10.7. The predicted octanol–water partition coefficient (Wildman–Crippen LogP) is 4.07. The molecule has 0 bridgehead atoms. The van der Waals surface area contributed by atoms with Crippen molar-refractivity contribution in [1.29, 1.82) is 0 Å². The van der Waals surface area contributed by atoms with Crippen LogP contribution in [-0.2, 0) is 6.42 Å². The molecule has 0 saturated heterocycles. The number of Topliss-reactive ketones (excluding diaryl/α,β-unsaturated/α-hetero) is 1. The molecule has 0 radical (unpaired) electrons. The van der Waals surface area contributed by atoms with Crippen LogP contribution < -0.4 is 0 Å². The van der Waals surface area contributed by atoms with E-state index in [1.54, 1.807) is 11.3 Å². The summed E-state index contributed by atoms with van der Waals surface area (Å²) in [5.74, 6) is 0.724. The molecule has 1 nitrogen and oxygen atoms in total. The highest BCUT2D eigenvalue weighted by atomic mass is 32.1. The van der Waals surface area contributed by atoms with Gasteiger partial charge < -0.3 is 0 Å². The van der Waals surface area contributed by atoms with E-state index in [4.69, 9.17) is 0 Å². The Labute approximate surface area is 95.5 Å². The van der Waals surface area contributed by atoms with E-state index in [1.165, 1.54) is 24.1 Å². The van der Waals surface area contributed by atoms with E-state index in [1.807, 2.05) is 6.07 Å². The van der Waals surface area contributed by atoms with E-state index in [0.717, 1.165) is 24.1 Å². The third-order valence-electron chi connectivity index (χ3n) is 3.23. The maximum absolute atomic E-state index is 12.1. The Morgan fingerprint density at radius 3 is 2.67 bits per heavy atom. The molecule has 0 N–H and O–H groups in total. The lowest BCUT2D eigenvalue weighted by atomic mass is 9.86. The number of ketones is 1. The molecule has 0 amide bonds. The van der Waals surface area contributed by atoms with E-state index in [0.29, 0.717) is 11.7 Å². The van der Waals surface area contributed by atoms with Gasteiger partial charge in [0.05, 0.1) is 4.88 Å². The molecule has 1 heterocycles. The Morgan fingerprint density at radius 2 is 2.07 bits per heavy atom. The summed E-state index contributed by atoms with van der Waals surface area (Å²) < 4.78 is 0. The molecule has 1 aromatic rings. The first kappa shape index (κ1) is 10.9. The first-order chi connectivity index (χ1) is 7.31. The van der Waals surface area contributed by atoms with Crippen LogP contribution in [0.4, 0.5) is 0 Å². The highest BCUT2D eigenvalue weighted by Gasteiger charge is 2.23. The van der Waals surface area contributed by atoms with Crippen molar-refractivity contribution in [3.8, 4) is 0 Å². The Bertz CT molecular complexity index is 334. The summed E-state index contributed by atoms with van der Waals surface area (Å²) in [5, 5.41) is 0. The average molecular weight is 222 g/mol. The molecule has 1 aliphatic carbocycles. The molecule has 82 valence electrons. The van der Waals surface area contributed by atoms with Crippen LogP contribution >= 0.6 is 11.3 Å². The van der Waals surface area contributed by atoms with Gasteiger partial charge in [-0.3, -0.25) is 4.79 Å². The van der Waals surface area contributed by atoms with Gasteiger partial charge in [0, 0.05) is 10.8 Å². The molecular weight excluding hydrogens is 204 g/mol. The Kier molecular flexibility index (Phi) is 3.57. The lowest BCUT2D eigenvalue weighted by molar-refractivity contribution is 0.0894. The number of hydrogen-bond acceptors (Lipinski definition) is 2. The van der Waals surface area contributed by atoms with Crippen LogP contribution in [0, 0.1) is 5.92 Å². The first-order valence-electron chi connectivity index (χ1n) is 5.94. The van der Waals surface area contributed by atoms with Crippen molar-refractivity contribution in [3.05, 3.63) is 21.9 Å². The number of thiophene rings is 1.